The van der Waals surface area contributed by atoms with Gasteiger partial charge in [-0.1, -0.05) is 25.1 Å². The molecule has 0 saturated carbocycles. The van der Waals surface area contributed by atoms with E-state index in [4.69, 9.17) is 5.73 Å². The fraction of sp³-hybridized carbons (Fsp3) is 0.185. The molecule has 4 N–H and O–H groups in total. The number of carbonyl (C=O) groups excluding carboxylic acids is 4. The Kier molecular flexibility index (Phi) is 6.73. The highest BCUT2D eigenvalue weighted by Gasteiger charge is 2.35. The number of aryl methyl sites for hydroxylation is 2. The Morgan fingerprint density at radius 3 is 2.42 bits per heavy atom. The van der Waals surface area contributed by atoms with Crippen molar-refractivity contribution in [2.45, 2.75) is 27.2 Å². The number of carbonyl (C=O) groups is 4. The zero-order valence-electron chi connectivity index (χ0n) is 20.3. The van der Waals surface area contributed by atoms with Crippen LogP contribution in [0.15, 0.2) is 60.3 Å². The lowest BCUT2D eigenvalue weighted by molar-refractivity contribution is -0.127. The number of anilines is 1. The fourth-order valence-corrected chi connectivity index (χ4v) is 4.26. The first-order chi connectivity index (χ1) is 17.2. The van der Waals surface area contributed by atoms with Gasteiger partial charge in [0.15, 0.2) is 0 Å². The maximum absolute atomic E-state index is 12.9. The molecular formula is C27H27N5O4. The molecule has 3 aromatic rings. The summed E-state index contributed by atoms with van der Waals surface area (Å²) in [5, 5.41) is 5.35. The van der Waals surface area contributed by atoms with E-state index in [9.17, 15) is 19.2 Å². The van der Waals surface area contributed by atoms with E-state index in [1.54, 1.807) is 36.4 Å². The van der Waals surface area contributed by atoms with Gasteiger partial charge in [0.05, 0.1) is 0 Å². The third-order valence-corrected chi connectivity index (χ3v) is 6.12. The van der Waals surface area contributed by atoms with Gasteiger partial charge in [0.2, 0.25) is 11.8 Å². The molecule has 5 amide bonds. The lowest BCUT2D eigenvalue weighted by Gasteiger charge is -2.13. The minimum absolute atomic E-state index is 0.0890. The summed E-state index contributed by atoms with van der Waals surface area (Å²) in [7, 11) is 0. The van der Waals surface area contributed by atoms with Gasteiger partial charge < -0.3 is 20.9 Å². The van der Waals surface area contributed by atoms with Gasteiger partial charge in [-0.05, 0) is 73.9 Å². The smallest absolute Gasteiger partial charge is 0.329 e. The predicted octanol–water partition coefficient (Wildman–Crippen LogP) is 3.29. The maximum atomic E-state index is 12.9. The van der Waals surface area contributed by atoms with Gasteiger partial charge in [-0.3, -0.25) is 14.4 Å². The van der Waals surface area contributed by atoms with Crippen molar-refractivity contribution in [3.63, 3.8) is 0 Å². The quantitative estimate of drug-likeness (QED) is 0.351. The molecule has 1 fully saturated rings. The summed E-state index contributed by atoms with van der Waals surface area (Å²) in [4.78, 5) is 50.3. The molecule has 36 heavy (non-hydrogen) atoms. The molecule has 2 aromatic carbocycles. The number of urea groups is 1. The van der Waals surface area contributed by atoms with Crippen molar-refractivity contribution in [3.05, 3.63) is 88.4 Å². The third-order valence-electron chi connectivity index (χ3n) is 6.12. The number of primary amides is 1. The van der Waals surface area contributed by atoms with Gasteiger partial charge in [0.1, 0.15) is 12.2 Å². The van der Waals surface area contributed by atoms with Gasteiger partial charge in [-0.15, -0.1) is 0 Å². The molecule has 2 heterocycles. The van der Waals surface area contributed by atoms with E-state index in [1.807, 2.05) is 49.6 Å². The van der Waals surface area contributed by atoms with Crippen LogP contribution in [0.3, 0.4) is 0 Å². The molecule has 0 atom stereocenters. The molecule has 0 radical (unpaired) electrons. The Hall–Kier alpha value is -4.66. The van der Waals surface area contributed by atoms with Crippen molar-refractivity contribution in [3.8, 4) is 5.69 Å². The fourth-order valence-electron chi connectivity index (χ4n) is 4.26. The van der Waals surface area contributed by atoms with E-state index in [0.717, 1.165) is 39.5 Å². The van der Waals surface area contributed by atoms with Crippen LogP contribution in [0.2, 0.25) is 0 Å². The van der Waals surface area contributed by atoms with Crippen molar-refractivity contribution in [2.75, 3.05) is 11.9 Å². The molecule has 1 aliphatic rings. The molecule has 0 spiro atoms. The summed E-state index contributed by atoms with van der Waals surface area (Å²) in [6, 6.07) is 15.5. The number of hydrogen-bond donors (Lipinski definition) is 3. The van der Waals surface area contributed by atoms with Crippen LogP contribution in [0.5, 0.6) is 0 Å². The van der Waals surface area contributed by atoms with E-state index in [2.05, 4.69) is 10.6 Å². The van der Waals surface area contributed by atoms with E-state index in [0.29, 0.717) is 11.3 Å². The number of nitrogens with two attached hydrogens (primary N) is 1. The number of benzene rings is 2. The summed E-state index contributed by atoms with van der Waals surface area (Å²) >= 11 is 0. The third kappa shape index (κ3) is 4.76. The SMILES string of the molecule is CCc1ccccc1NC(=O)CN1C(=O)N/C(=C/c2cc(C)n(-c3ccc(C(N)=O)cc3)c2C)C1=O. The van der Waals surface area contributed by atoms with E-state index >= 15 is 0 Å². The molecule has 1 saturated heterocycles. The number of para-hydroxylation sites is 1. The molecule has 9 nitrogen and oxygen atoms in total. The first-order valence-electron chi connectivity index (χ1n) is 11.5. The molecule has 9 heteroatoms. The summed E-state index contributed by atoms with van der Waals surface area (Å²) in [6.07, 6.45) is 2.33. The Labute approximate surface area is 208 Å². The highest BCUT2D eigenvalue weighted by molar-refractivity contribution is 6.16. The van der Waals surface area contributed by atoms with Gasteiger partial charge in [0.25, 0.3) is 5.91 Å². The summed E-state index contributed by atoms with van der Waals surface area (Å²) in [5.74, 6) is -1.54. The van der Waals surface area contributed by atoms with E-state index in [1.165, 1.54) is 0 Å². The Morgan fingerprint density at radius 2 is 1.75 bits per heavy atom. The van der Waals surface area contributed by atoms with Crippen LogP contribution in [0.1, 0.15) is 39.8 Å². The molecule has 0 bridgehead atoms. The normalized spacial score (nSPS) is 14.3. The maximum Gasteiger partial charge on any atom is 0.329 e. The van der Waals surface area contributed by atoms with Gasteiger partial charge >= 0.3 is 6.03 Å². The minimum Gasteiger partial charge on any atom is -0.366 e. The lowest BCUT2D eigenvalue weighted by atomic mass is 10.1. The van der Waals surface area contributed by atoms with Gasteiger partial charge in [0, 0.05) is 28.3 Å². The Balaban J connectivity index is 1.53. The van der Waals surface area contributed by atoms with Crippen LogP contribution in [0.25, 0.3) is 11.8 Å². The number of aromatic nitrogens is 1. The van der Waals surface area contributed by atoms with Crippen LogP contribution >= 0.6 is 0 Å². The van der Waals surface area contributed by atoms with Crippen LogP contribution in [-0.4, -0.2) is 39.8 Å². The predicted molar refractivity (Wildman–Crippen MR) is 136 cm³/mol. The van der Waals surface area contributed by atoms with Crippen molar-refractivity contribution in [1.29, 1.82) is 0 Å². The second-order valence-electron chi connectivity index (χ2n) is 8.51. The van der Waals surface area contributed by atoms with Crippen molar-refractivity contribution in [1.82, 2.24) is 14.8 Å². The molecule has 0 aliphatic carbocycles. The number of nitrogens with one attached hydrogen (secondary N) is 2. The van der Waals surface area contributed by atoms with Crippen molar-refractivity contribution >= 4 is 35.5 Å². The highest BCUT2D eigenvalue weighted by Crippen LogP contribution is 2.24. The Bertz CT molecular complexity index is 1400. The second kappa shape index (κ2) is 9.91. The first-order valence-corrected chi connectivity index (χ1v) is 11.5. The van der Waals surface area contributed by atoms with E-state index in [-0.39, 0.29) is 5.70 Å². The Morgan fingerprint density at radius 1 is 1.06 bits per heavy atom. The zero-order chi connectivity index (χ0) is 26.0. The average molecular weight is 486 g/mol. The van der Waals surface area contributed by atoms with Gasteiger partial charge in [-0.2, -0.15) is 0 Å². The molecule has 1 aromatic heterocycles. The lowest BCUT2D eigenvalue weighted by Crippen LogP contribution is -2.38. The summed E-state index contributed by atoms with van der Waals surface area (Å²) < 4.78 is 1.97. The molecule has 1 aliphatic heterocycles. The molecule has 4 rings (SSSR count). The number of imide groups is 1. The first kappa shape index (κ1) is 24.5. The van der Waals surface area contributed by atoms with Crippen LogP contribution < -0.4 is 16.4 Å². The van der Waals surface area contributed by atoms with Crippen LogP contribution in [-0.2, 0) is 16.0 Å². The topological polar surface area (TPSA) is 127 Å². The largest absolute Gasteiger partial charge is 0.366 e. The standard InChI is InChI=1S/C27H27N5O4/c1-4-18-7-5-6-8-22(18)29-24(33)15-31-26(35)23(30-27(31)36)14-20-13-16(2)32(17(20)3)21-11-9-19(10-12-21)25(28)34/h5-14H,4,15H2,1-3H3,(H2,28,34)(H,29,33)(H,30,36)/b23-14+. The number of rotatable bonds is 7. The van der Waals surface area contributed by atoms with Crippen LogP contribution in [0, 0.1) is 13.8 Å². The zero-order valence-corrected chi connectivity index (χ0v) is 20.3. The number of hydrogen-bond acceptors (Lipinski definition) is 4. The molecular weight excluding hydrogens is 458 g/mol. The number of amides is 5. The minimum atomic E-state index is -0.652. The monoisotopic (exact) mass is 485 g/mol. The number of nitrogens with zero attached hydrogens (tertiary/aromatic N) is 2. The van der Waals surface area contributed by atoms with Gasteiger partial charge in [-0.25, -0.2) is 9.69 Å². The average Bonchev–Trinajstić information content (AvgIpc) is 3.28. The summed E-state index contributed by atoms with van der Waals surface area (Å²) in [6.45, 7) is 5.38. The second-order valence-corrected chi connectivity index (χ2v) is 8.51. The molecule has 0 unspecified atom stereocenters. The van der Waals surface area contributed by atoms with Crippen LogP contribution in [0.4, 0.5) is 10.5 Å². The highest BCUT2D eigenvalue weighted by atomic mass is 16.2. The summed E-state index contributed by atoms with van der Waals surface area (Å²) in [5.41, 5.74) is 10.7. The molecule has 184 valence electrons. The van der Waals surface area contributed by atoms with E-state index < -0.39 is 30.3 Å². The van der Waals surface area contributed by atoms with Crippen molar-refractivity contribution < 1.29 is 19.2 Å². The van der Waals surface area contributed by atoms with Crippen molar-refractivity contribution in [2.24, 2.45) is 5.73 Å².